The van der Waals surface area contributed by atoms with Gasteiger partial charge in [-0.3, -0.25) is 14.2 Å². The van der Waals surface area contributed by atoms with Gasteiger partial charge in [0, 0.05) is 18.7 Å². The fourth-order valence-corrected chi connectivity index (χ4v) is 8.70. The lowest BCUT2D eigenvalue weighted by atomic mass is 10.0. The fraction of sp³-hybridized carbons (Fsp3) is 0.706. The topological polar surface area (TPSA) is 103 Å². The van der Waals surface area contributed by atoms with Crippen molar-refractivity contribution in [2.45, 2.75) is 232 Å². The second kappa shape index (κ2) is 29.6. The molecule has 2 aliphatic rings. The van der Waals surface area contributed by atoms with Crippen molar-refractivity contribution in [1.82, 2.24) is 24.1 Å². The van der Waals surface area contributed by atoms with E-state index in [1.807, 2.05) is 34.9 Å². The number of fused-ring (bicyclic) bond motifs is 2. The summed E-state index contributed by atoms with van der Waals surface area (Å²) in [6, 6.07) is 11.2. The number of nitrogens with zero attached hydrogens (tertiary/aromatic N) is 4. The minimum absolute atomic E-state index is 0.300. The van der Waals surface area contributed by atoms with E-state index in [1.165, 1.54) is 172 Å². The zero-order valence-corrected chi connectivity index (χ0v) is 37.5. The van der Waals surface area contributed by atoms with Crippen LogP contribution in [0, 0.1) is 0 Å². The fourth-order valence-electron chi connectivity index (χ4n) is 8.70. The van der Waals surface area contributed by atoms with Crippen molar-refractivity contribution in [3.63, 3.8) is 0 Å². The third-order valence-electron chi connectivity index (χ3n) is 12.4. The zero-order chi connectivity index (χ0) is 41.8. The Labute approximate surface area is 356 Å². The van der Waals surface area contributed by atoms with Crippen LogP contribution in [-0.4, -0.2) is 24.1 Å². The lowest BCUT2D eigenvalue weighted by molar-refractivity contribution is 0.511. The lowest BCUT2D eigenvalue weighted by Gasteiger charge is -2.18. The van der Waals surface area contributed by atoms with Crippen LogP contribution in [0.15, 0.2) is 50.8 Å². The number of aryl methyl sites for hydroxylation is 1. The molecule has 0 amide bonds. The average Bonchev–Trinajstić information content (AvgIpc) is 3.24. The van der Waals surface area contributed by atoms with Crippen molar-refractivity contribution in [1.29, 1.82) is 0 Å². The van der Waals surface area contributed by atoms with E-state index >= 15 is 0 Å². The average molecular weight is 812 g/mol. The summed E-state index contributed by atoms with van der Waals surface area (Å²) in [5.41, 5.74) is 0.387. The van der Waals surface area contributed by atoms with E-state index < -0.39 is 5.69 Å². The first-order valence-electron chi connectivity index (χ1n) is 24.7. The summed E-state index contributed by atoms with van der Waals surface area (Å²) in [7, 11) is 0. The molecular weight excluding hydrogens is 731 g/mol. The van der Waals surface area contributed by atoms with Crippen LogP contribution in [-0.2, 0) is 13.1 Å². The highest BCUT2D eigenvalue weighted by Crippen LogP contribution is 2.24. The number of hydrogen-bond acceptors (Lipinski definition) is 5. The van der Waals surface area contributed by atoms with Crippen molar-refractivity contribution >= 4 is 11.0 Å². The lowest BCUT2D eigenvalue weighted by Crippen LogP contribution is -2.38. The van der Waals surface area contributed by atoms with Gasteiger partial charge < -0.3 is 9.55 Å². The largest absolute Gasteiger partial charge is 0.352 e. The van der Waals surface area contributed by atoms with Gasteiger partial charge in [0.25, 0.3) is 11.1 Å². The predicted molar refractivity (Wildman–Crippen MR) is 250 cm³/mol. The molecule has 2 aliphatic heterocycles. The van der Waals surface area contributed by atoms with Gasteiger partial charge >= 0.3 is 5.69 Å². The van der Waals surface area contributed by atoms with E-state index in [1.54, 1.807) is 6.07 Å². The Morgan fingerprint density at radius 1 is 0.475 bits per heavy atom. The minimum atomic E-state index is -0.517. The molecule has 0 aliphatic carbocycles. The van der Waals surface area contributed by atoms with Gasteiger partial charge in [0.05, 0.1) is 10.9 Å². The minimum Gasteiger partial charge on any atom is -0.309 e. The van der Waals surface area contributed by atoms with Crippen molar-refractivity contribution in [3.05, 3.63) is 67.6 Å². The molecule has 0 saturated carbocycles. The maximum absolute atomic E-state index is 13.9. The SMILES string of the molecule is CCCCCCCCCCCCCCCCCCn1c(=O)nc2n(CCCCCCCCCCCCCCCCCC)c3nc(-c4ccccc4)[nH]c(=O)c3cc-2c1=O. The highest BCUT2D eigenvalue weighted by atomic mass is 16.2. The Morgan fingerprint density at radius 2 is 0.864 bits per heavy atom. The van der Waals surface area contributed by atoms with Gasteiger partial charge in [0.15, 0.2) is 5.82 Å². The number of aromatic nitrogens is 5. The number of hydrogen-bond donors (Lipinski definition) is 1. The summed E-state index contributed by atoms with van der Waals surface area (Å²) >= 11 is 0. The zero-order valence-electron chi connectivity index (χ0n) is 37.5. The molecular formula is C51H81N5O3. The molecule has 59 heavy (non-hydrogen) atoms. The molecule has 0 unspecified atom stereocenters. The van der Waals surface area contributed by atoms with Crippen LogP contribution in [0.1, 0.15) is 219 Å². The van der Waals surface area contributed by atoms with Gasteiger partial charge in [-0.2, -0.15) is 4.98 Å². The Kier molecular flexibility index (Phi) is 24.2. The van der Waals surface area contributed by atoms with Crippen LogP contribution >= 0.6 is 0 Å². The molecule has 0 radical (unpaired) electrons. The van der Waals surface area contributed by atoms with Crippen LogP contribution in [0.5, 0.6) is 0 Å². The van der Waals surface area contributed by atoms with Crippen LogP contribution in [0.2, 0.25) is 0 Å². The predicted octanol–water partition coefficient (Wildman–Crippen LogP) is 13.9. The summed E-state index contributed by atoms with van der Waals surface area (Å²) < 4.78 is 3.13. The first-order chi connectivity index (χ1) is 29.0. The quantitative estimate of drug-likeness (QED) is 0.0368. The first kappa shape index (κ1) is 48.1. The highest BCUT2D eigenvalue weighted by Gasteiger charge is 2.22. The van der Waals surface area contributed by atoms with Gasteiger partial charge in [0.1, 0.15) is 11.5 Å². The first-order valence-corrected chi connectivity index (χ1v) is 24.7. The van der Waals surface area contributed by atoms with Gasteiger partial charge in [0.2, 0.25) is 0 Å². The van der Waals surface area contributed by atoms with Crippen LogP contribution in [0.25, 0.3) is 33.8 Å². The van der Waals surface area contributed by atoms with E-state index in [9.17, 15) is 14.4 Å². The van der Waals surface area contributed by atoms with Gasteiger partial charge in [-0.25, -0.2) is 9.78 Å². The molecule has 0 bridgehead atoms. The second-order valence-electron chi connectivity index (χ2n) is 17.5. The number of unbranched alkanes of at least 4 members (excludes halogenated alkanes) is 30. The van der Waals surface area contributed by atoms with Gasteiger partial charge in [-0.15, -0.1) is 0 Å². The van der Waals surface area contributed by atoms with Gasteiger partial charge in [-0.05, 0) is 18.9 Å². The molecule has 2 aromatic rings. The monoisotopic (exact) mass is 812 g/mol. The number of rotatable bonds is 35. The summed E-state index contributed by atoms with van der Waals surface area (Å²) in [5, 5.41) is 0.347. The van der Waals surface area contributed by atoms with E-state index in [0.29, 0.717) is 41.3 Å². The van der Waals surface area contributed by atoms with Crippen molar-refractivity contribution < 1.29 is 0 Å². The molecule has 8 nitrogen and oxygen atoms in total. The summed E-state index contributed by atoms with van der Waals surface area (Å²) in [6.07, 6.45) is 40.9. The van der Waals surface area contributed by atoms with E-state index in [0.717, 1.165) is 44.1 Å². The third-order valence-corrected chi connectivity index (χ3v) is 12.4. The molecule has 0 fully saturated rings. The van der Waals surface area contributed by atoms with Crippen LogP contribution in [0.4, 0.5) is 0 Å². The van der Waals surface area contributed by atoms with Crippen LogP contribution < -0.4 is 16.8 Å². The molecule has 3 heterocycles. The smallest absolute Gasteiger partial charge is 0.309 e. The Hall–Kier alpha value is -3.55. The Bertz CT molecular complexity index is 1840. The maximum Gasteiger partial charge on any atom is 0.352 e. The molecule has 0 spiro atoms. The standard InChI is InChI=1S/C51H81N5O3/c1-3-5-7-9-11-13-15-17-19-21-23-25-27-29-31-36-40-55-47-44(49(57)53-46(52-47)43-38-34-33-35-39-43)42-45-48(55)54-51(59)56(50(45)58)41-37-32-30-28-26-24-22-20-18-16-14-12-10-8-6-4-2/h33-35,38-39,42H,3-32,36-37,40-41H2,1-2H3,(H,52,53,57). The third kappa shape index (κ3) is 17.5. The molecule has 8 heteroatoms. The van der Waals surface area contributed by atoms with E-state index in [-0.39, 0.29) is 11.1 Å². The van der Waals surface area contributed by atoms with E-state index in [4.69, 9.17) is 4.98 Å². The molecule has 1 N–H and O–H groups in total. The summed E-state index contributed by atoms with van der Waals surface area (Å²) in [6.45, 7) is 5.43. The van der Waals surface area contributed by atoms with E-state index in [2.05, 4.69) is 23.8 Å². The number of benzene rings is 1. The molecule has 0 saturated heterocycles. The number of H-pyrrole nitrogens is 1. The molecule has 4 rings (SSSR count). The molecule has 1 aromatic heterocycles. The van der Waals surface area contributed by atoms with Crippen molar-refractivity contribution in [2.24, 2.45) is 0 Å². The normalized spacial score (nSPS) is 11.7. The maximum atomic E-state index is 13.9. The molecule has 328 valence electrons. The highest BCUT2D eigenvalue weighted by molar-refractivity contribution is 5.83. The number of nitrogens with one attached hydrogen (secondary N) is 1. The summed E-state index contributed by atoms with van der Waals surface area (Å²) in [5.74, 6) is 0.788. The van der Waals surface area contributed by atoms with Crippen molar-refractivity contribution in [3.8, 4) is 22.8 Å². The molecule has 0 atom stereocenters. The summed E-state index contributed by atoms with van der Waals surface area (Å²) in [4.78, 5) is 53.4. The molecule has 1 aromatic carbocycles. The Morgan fingerprint density at radius 3 is 1.29 bits per heavy atom. The van der Waals surface area contributed by atoms with Gasteiger partial charge in [-0.1, -0.05) is 237 Å². The second-order valence-corrected chi connectivity index (χ2v) is 17.5. The van der Waals surface area contributed by atoms with Crippen LogP contribution in [0.3, 0.4) is 0 Å². The van der Waals surface area contributed by atoms with Crippen molar-refractivity contribution in [2.75, 3.05) is 0 Å². The number of pyridine rings is 1. The Balaban J connectivity index is 1.27. The number of aromatic amines is 1.